The molecule has 0 amide bonds. The molecule has 0 aliphatic carbocycles. The number of benzene rings is 2. The Bertz CT molecular complexity index is 567. The van der Waals surface area contributed by atoms with Gasteiger partial charge in [-0.1, -0.05) is 36.4 Å². The molecule has 5 heteroatoms. The van der Waals surface area contributed by atoms with Crippen molar-refractivity contribution in [2.45, 2.75) is 18.7 Å². The van der Waals surface area contributed by atoms with Crippen LogP contribution in [-0.2, 0) is 18.7 Å². The van der Waals surface area contributed by atoms with E-state index in [9.17, 15) is 13.2 Å². The number of hydrogen-bond donors (Lipinski definition) is 0. The summed E-state index contributed by atoms with van der Waals surface area (Å²) < 4.78 is 44.0. The second-order valence-corrected chi connectivity index (χ2v) is 4.50. The summed E-state index contributed by atoms with van der Waals surface area (Å²) in [4.78, 5) is 0. The molecular weight excluding hydrogens is 289 g/mol. The normalized spacial score (nSPS) is 11.4. The van der Waals surface area contributed by atoms with Gasteiger partial charge < -0.3 is 4.74 Å². The second-order valence-electron chi connectivity index (χ2n) is 4.24. The molecule has 0 aliphatic rings. The molecule has 1 nitrogen and oxygen atoms in total. The van der Waals surface area contributed by atoms with Crippen LogP contribution in [0.25, 0.3) is 0 Å². The summed E-state index contributed by atoms with van der Waals surface area (Å²) in [5.41, 5.74) is 0.599. The van der Waals surface area contributed by atoms with Crippen LogP contribution in [0.5, 0.6) is 5.75 Å². The molecule has 0 fully saturated rings. The fraction of sp³-hybridized carbons (Fsp3) is 0.200. The minimum atomic E-state index is -4.45. The van der Waals surface area contributed by atoms with E-state index >= 15 is 0 Å². The monoisotopic (exact) mass is 300 g/mol. The van der Waals surface area contributed by atoms with Gasteiger partial charge in [0.05, 0.1) is 5.56 Å². The van der Waals surface area contributed by atoms with Crippen LogP contribution in [-0.4, -0.2) is 0 Å². The maximum Gasteiger partial charge on any atom is 0.419 e. The molecule has 2 rings (SSSR count). The van der Waals surface area contributed by atoms with Gasteiger partial charge in [0.15, 0.2) is 0 Å². The molecule has 0 bridgehead atoms. The summed E-state index contributed by atoms with van der Waals surface area (Å²) in [5, 5.41) is 0. The Morgan fingerprint density at radius 1 is 0.950 bits per heavy atom. The third-order valence-corrected chi connectivity index (χ3v) is 3.05. The molecule has 0 heterocycles. The number of halogens is 4. The molecule has 0 saturated carbocycles. The van der Waals surface area contributed by atoms with Crippen LogP contribution in [0.1, 0.15) is 16.7 Å². The van der Waals surface area contributed by atoms with Crippen molar-refractivity contribution in [3.05, 3.63) is 65.2 Å². The Balaban J connectivity index is 2.24. The predicted molar refractivity (Wildman–Crippen MR) is 71.8 cm³/mol. The van der Waals surface area contributed by atoms with Crippen molar-refractivity contribution in [2.75, 3.05) is 0 Å². The molecule has 0 spiro atoms. The Morgan fingerprint density at radius 2 is 1.65 bits per heavy atom. The lowest BCUT2D eigenvalue weighted by Gasteiger charge is -2.15. The van der Waals surface area contributed by atoms with Crippen molar-refractivity contribution >= 4 is 11.6 Å². The summed E-state index contributed by atoms with van der Waals surface area (Å²) in [7, 11) is 0. The maximum absolute atomic E-state index is 12.9. The van der Waals surface area contributed by atoms with Crippen molar-refractivity contribution in [3.63, 3.8) is 0 Å². The minimum Gasteiger partial charge on any atom is -0.488 e. The molecule has 2 aromatic rings. The standard InChI is InChI=1S/C15H12ClF3O/c16-9-12-6-7-13(15(17,18)19)14(8-12)20-10-11-4-2-1-3-5-11/h1-8H,9-10H2. The van der Waals surface area contributed by atoms with Crippen LogP contribution in [0.2, 0.25) is 0 Å². The fourth-order valence-electron chi connectivity index (χ4n) is 1.74. The van der Waals surface area contributed by atoms with Gasteiger partial charge in [0, 0.05) is 5.88 Å². The summed E-state index contributed by atoms with van der Waals surface area (Å²) in [5.74, 6) is -0.0562. The molecular formula is C15H12ClF3O. The van der Waals surface area contributed by atoms with E-state index in [1.165, 1.54) is 12.1 Å². The van der Waals surface area contributed by atoms with E-state index in [0.717, 1.165) is 11.6 Å². The highest BCUT2D eigenvalue weighted by Gasteiger charge is 2.34. The van der Waals surface area contributed by atoms with Crippen LogP contribution < -0.4 is 4.74 Å². The Kier molecular flexibility index (Phi) is 4.55. The van der Waals surface area contributed by atoms with Gasteiger partial charge in [-0.2, -0.15) is 13.2 Å². The summed E-state index contributed by atoms with van der Waals surface area (Å²) in [6.07, 6.45) is -4.45. The van der Waals surface area contributed by atoms with Crippen molar-refractivity contribution in [1.82, 2.24) is 0 Å². The quantitative estimate of drug-likeness (QED) is 0.720. The van der Waals surface area contributed by atoms with E-state index in [4.69, 9.17) is 16.3 Å². The number of rotatable bonds is 4. The zero-order valence-electron chi connectivity index (χ0n) is 10.5. The summed E-state index contributed by atoms with van der Waals surface area (Å²) in [6, 6.07) is 12.7. The van der Waals surface area contributed by atoms with Gasteiger partial charge in [-0.3, -0.25) is 0 Å². The zero-order valence-corrected chi connectivity index (χ0v) is 11.2. The minimum absolute atomic E-state index is 0.0790. The van der Waals surface area contributed by atoms with Gasteiger partial charge in [0.1, 0.15) is 12.4 Å². The molecule has 0 saturated heterocycles. The third kappa shape index (κ3) is 3.67. The van der Waals surface area contributed by atoms with Gasteiger partial charge >= 0.3 is 6.18 Å². The van der Waals surface area contributed by atoms with Gasteiger partial charge in [-0.15, -0.1) is 11.6 Å². The van der Waals surface area contributed by atoms with Crippen LogP contribution in [0, 0.1) is 0 Å². The maximum atomic E-state index is 12.9. The zero-order chi connectivity index (χ0) is 14.6. The molecule has 0 aromatic heterocycles. The molecule has 0 N–H and O–H groups in total. The van der Waals surface area contributed by atoms with Gasteiger partial charge in [-0.05, 0) is 23.3 Å². The highest BCUT2D eigenvalue weighted by molar-refractivity contribution is 6.17. The lowest BCUT2D eigenvalue weighted by Crippen LogP contribution is -2.09. The highest BCUT2D eigenvalue weighted by atomic mass is 35.5. The van der Waals surface area contributed by atoms with Gasteiger partial charge in [-0.25, -0.2) is 0 Å². The molecule has 20 heavy (non-hydrogen) atoms. The van der Waals surface area contributed by atoms with Crippen molar-refractivity contribution < 1.29 is 17.9 Å². The SMILES string of the molecule is FC(F)(F)c1ccc(CCl)cc1OCc1ccccc1. The first-order chi connectivity index (χ1) is 9.50. The molecule has 0 radical (unpaired) electrons. The topological polar surface area (TPSA) is 9.23 Å². The van der Waals surface area contributed by atoms with E-state index < -0.39 is 11.7 Å². The fourth-order valence-corrected chi connectivity index (χ4v) is 1.91. The first kappa shape index (κ1) is 14.7. The van der Waals surface area contributed by atoms with Crippen LogP contribution in [0.15, 0.2) is 48.5 Å². The Labute approximate surface area is 119 Å². The van der Waals surface area contributed by atoms with Gasteiger partial charge in [0.2, 0.25) is 0 Å². The first-order valence-electron chi connectivity index (χ1n) is 5.93. The molecule has 0 atom stereocenters. The van der Waals surface area contributed by atoms with Crippen LogP contribution in [0.4, 0.5) is 13.2 Å². The number of ether oxygens (including phenoxy) is 1. The van der Waals surface area contributed by atoms with Crippen molar-refractivity contribution in [3.8, 4) is 5.75 Å². The average Bonchev–Trinajstić information content (AvgIpc) is 2.45. The molecule has 2 aromatic carbocycles. The molecule has 0 aliphatic heterocycles. The summed E-state index contributed by atoms with van der Waals surface area (Å²) >= 11 is 5.65. The lowest BCUT2D eigenvalue weighted by atomic mass is 10.1. The number of alkyl halides is 4. The van der Waals surface area contributed by atoms with Gasteiger partial charge in [0.25, 0.3) is 0 Å². The Hall–Kier alpha value is -1.68. The highest BCUT2D eigenvalue weighted by Crippen LogP contribution is 2.37. The van der Waals surface area contributed by atoms with E-state index in [1.807, 2.05) is 6.07 Å². The molecule has 106 valence electrons. The van der Waals surface area contributed by atoms with E-state index in [-0.39, 0.29) is 18.2 Å². The van der Waals surface area contributed by atoms with Crippen LogP contribution >= 0.6 is 11.6 Å². The predicted octanol–water partition coefficient (Wildman–Crippen LogP) is 5.02. The van der Waals surface area contributed by atoms with Crippen LogP contribution in [0.3, 0.4) is 0 Å². The summed E-state index contributed by atoms with van der Waals surface area (Å²) in [6.45, 7) is 0.0790. The van der Waals surface area contributed by atoms with E-state index in [1.54, 1.807) is 24.3 Å². The second kappa shape index (κ2) is 6.18. The van der Waals surface area contributed by atoms with E-state index in [0.29, 0.717) is 5.56 Å². The Morgan fingerprint density at radius 3 is 2.25 bits per heavy atom. The number of hydrogen-bond acceptors (Lipinski definition) is 1. The lowest BCUT2D eigenvalue weighted by molar-refractivity contribution is -0.139. The van der Waals surface area contributed by atoms with Crippen molar-refractivity contribution in [2.24, 2.45) is 0 Å². The van der Waals surface area contributed by atoms with Crippen molar-refractivity contribution in [1.29, 1.82) is 0 Å². The molecule has 0 unspecified atom stereocenters. The first-order valence-corrected chi connectivity index (χ1v) is 6.47. The third-order valence-electron chi connectivity index (χ3n) is 2.74. The van der Waals surface area contributed by atoms with E-state index in [2.05, 4.69) is 0 Å². The largest absolute Gasteiger partial charge is 0.488 e. The smallest absolute Gasteiger partial charge is 0.419 e. The average molecular weight is 301 g/mol.